The van der Waals surface area contributed by atoms with E-state index in [2.05, 4.69) is 17.2 Å². The van der Waals surface area contributed by atoms with Crippen LogP contribution in [0.5, 0.6) is 0 Å². The second kappa shape index (κ2) is 6.90. The number of nitrogens with one attached hydrogen (secondary N) is 1. The molecule has 0 bridgehead atoms. The third kappa shape index (κ3) is 4.66. The first-order chi connectivity index (χ1) is 8.52. The maximum absolute atomic E-state index is 11.5. The molecule has 0 atom stereocenters. The Hall–Kier alpha value is -1.70. The van der Waals surface area contributed by atoms with Gasteiger partial charge in [0, 0.05) is 10.6 Å². The van der Waals surface area contributed by atoms with E-state index in [0.29, 0.717) is 16.3 Å². The van der Waals surface area contributed by atoms with Gasteiger partial charge in [0.2, 0.25) is 0 Å². The summed E-state index contributed by atoms with van der Waals surface area (Å²) in [7, 11) is 0. The highest BCUT2D eigenvalue weighted by Crippen LogP contribution is 2.20. The van der Waals surface area contributed by atoms with Crippen molar-refractivity contribution < 1.29 is 14.6 Å². The molecule has 0 aliphatic rings. The quantitative estimate of drug-likeness (QED) is 0.810. The van der Waals surface area contributed by atoms with Crippen molar-refractivity contribution in [3.05, 3.63) is 28.8 Å². The molecule has 1 aromatic rings. The first-order valence-electron chi connectivity index (χ1n) is 5.40. The number of hydrogen-bond acceptors (Lipinski definition) is 3. The molecule has 1 amide bonds. The van der Waals surface area contributed by atoms with Gasteiger partial charge >= 0.3 is 6.09 Å². The molecule has 0 aliphatic carbocycles. The number of rotatable bonds is 2. The van der Waals surface area contributed by atoms with Gasteiger partial charge in [0.25, 0.3) is 0 Å². The first-order valence-corrected chi connectivity index (χ1v) is 5.77. The normalized spacial score (nSPS) is 9.61. The highest BCUT2D eigenvalue weighted by molar-refractivity contribution is 6.30. The van der Waals surface area contributed by atoms with Crippen LogP contribution in [-0.2, 0) is 4.74 Å². The van der Waals surface area contributed by atoms with Crippen molar-refractivity contribution in [1.82, 2.24) is 0 Å². The molecule has 96 valence electrons. The third-order valence-electron chi connectivity index (χ3n) is 1.86. The number of aliphatic hydroxyl groups is 1. The van der Waals surface area contributed by atoms with Gasteiger partial charge in [-0.05, 0) is 32.0 Å². The van der Waals surface area contributed by atoms with Gasteiger partial charge in [0.1, 0.15) is 6.61 Å². The lowest BCUT2D eigenvalue weighted by atomic mass is 10.2. The molecule has 0 aliphatic heterocycles. The number of benzene rings is 1. The maximum Gasteiger partial charge on any atom is 0.411 e. The van der Waals surface area contributed by atoms with Crippen LogP contribution in [0, 0.1) is 11.8 Å². The Morgan fingerprint density at radius 1 is 1.56 bits per heavy atom. The fourth-order valence-electron chi connectivity index (χ4n) is 1.22. The lowest BCUT2D eigenvalue weighted by Gasteiger charge is -2.11. The largest absolute Gasteiger partial charge is 0.447 e. The number of carbonyl (C=O) groups is 1. The molecule has 5 heteroatoms. The average molecular weight is 268 g/mol. The first kappa shape index (κ1) is 14.4. The van der Waals surface area contributed by atoms with Crippen molar-refractivity contribution >= 4 is 23.4 Å². The van der Waals surface area contributed by atoms with Gasteiger partial charge in [-0.2, -0.15) is 0 Å². The Bertz CT molecular complexity index is 489. The Morgan fingerprint density at radius 3 is 2.89 bits per heavy atom. The second-order valence-corrected chi connectivity index (χ2v) is 4.17. The van der Waals surface area contributed by atoms with E-state index in [1.165, 1.54) is 0 Å². The van der Waals surface area contributed by atoms with E-state index in [-0.39, 0.29) is 12.7 Å². The fraction of sp³-hybridized carbons (Fsp3) is 0.308. The summed E-state index contributed by atoms with van der Waals surface area (Å²) in [6, 6.07) is 4.87. The summed E-state index contributed by atoms with van der Waals surface area (Å²) in [5, 5.41) is 11.7. The standard InChI is InChI=1S/C13H14ClNO3/c1-9(2)18-13(17)15-12-6-5-11(14)8-10(12)4-3-7-16/h5-6,8-9,16H,7H2,1-2H3,(H,15,17). The smallest absolute Gasteiger partial charge is 0.411 e. The third-order valence-corrected chi connectivity index (χ3v) is 2.10. The highest BCUT2D eigenvalue weighted by Gasteiger charge is 2.08. The van der Waals surface area contributed by atoms with E-state index in [4.69, 9.17) is 21.4 Å². The predicted octanol–water partition coefficient (Wildman–Crippen LogP) is 2.64. The van der Waals surface area contributed by atoms with Crippen molar-refractivity contribution in [3.8, 4) is 11.8 Å². The Kier molecular flexibility index (Phi) is 5.50. The van der Waals surface area contributed by atoms with Gasteiger partial charge in [-0.15, -0.1) is 0 Å². The van der Waals surface area contributed by atoms with Crippen LogP contribution in [0.4, 0.5) is 10.5 Å². The second-order valence-electron chi connectivity index (χ2n) is 3.73. The van der Waals surface area contributed by atoms with Crippen LogP contribution in [0.3, 0.4) is 0 Å². The van der Waals surface area contributed by atoms with Gasteiger partial charge in [-0.25, -0.2) is 4.79 Å². The van der Waals surface area contributed by atoms with Gasteiger partial charge in [-0.1, -0.05) is 23.4 Å². The zero-order valence-electron chi connectivity index (χ0n) is 10.2. The van der Waals surface area contributed by atoms with E-state index in [0.717, 1.165) is 0 Å². The number of amides is 1. The van der Waals surface area contributed by atoms with Crippen LogP contribution < -0.4 is 5.32 Å². The molecule has 0 saturated heterocycles. The van der Waals surface area contributed by atoms with Crippen LogP contribution in [0.25, 0.3) is 0 Å². The molecule has 0 fully saturated rings. The number of halogens is 1. The van der Waals surface area contributed by atoms with Crippen LogP contribution in [-0.4, -0.2) is 23.9 Å². The zero-order valence-corrected chi connectivity index (χ0v) is 10.9. The van der Waals surface area contributed by atoms with Gasteiger partial charge in [-0.3, -0.25) is 5.32 Å². The number of ether oxygens (including phenoxy) is 1. The molecule has 0 saturated carbocycles. The summed E-state index contributed by atoms with van der Waals surface area (Å²) in [5.74, 6) is 5.21. The van der Waals surface area contributed by atoms with Crippen molar-refractivity contribution in [1.29, 1.82) is 0 Å². The van der Waals surface area contributed by atoms with Crippen molar-refractivity contribution in [3.63, 3.8) is 0 Å². The van der Waals surface area contributed by atoms with Crippen molar-refractivity contribution in [2.45, 2.75) is 20.0 Å². The van der Waals surface area contributed by atoms with Crippen LogP contribution in [0.1, 0.15) is 19.4 Å². The van der Waals surface area contributed by atoms with Crippen LogP contribution >= 0.6 is 11.6 Å². The molecule has 1 rings (SSSR count). The minimum atomic E-state index is -0.556. The molecular weight excluding hydrogens is 254 g/mol. The molecule has 4 nitrogen and oxygen atoms in total. The topological polar surface area (TPSA) is 58.6 Å². The molecule has 1 aromatic carbocycles. The average Bonchev–Trinajstić information content (AvgIpc) is 2.28. The molecule has 0 unspecified atom stereocenters. The molecule has 0 aromatic heterocycles. The summed E-state index contributed by atoms with van der Waals surface area (Å²) >= 11 is 5.84. The Labute approximate surface area is 111 Å². The molecular formula is C13H14ClNO3. The molecule has 2 N–H and O–H groups in total. The lowest BCUT2D eigenvalue weighted by molar-refractivity contribution is 0.130. The summed E-state index contributed by atoms with van der Waals surface area (Å²) in [4.78, 5) is 11.5. The van der Waals surface area contributed by atoms with E-state index >= 15 is 0 Å². The summed E-state index contributed by atoms with van der Waals surface area (Å²) in [6.07, 6.45) is -0.761. The van der Waals surface area contributed by atoms with E-state index in [1.54, 1.807) is 32.0 Å². The number of anilines is 1. The van der Waals surface area contributed by atoms with Crippen molar-refractivity contribution in [2.75, 3.05) is 11.9 Å². The van der Waals surface area contributed by atoms with Crippen LogP contribution in [0.2, 0.25) is 5.02 Å². The zero-order chi connectivity index (χ0) is 13.5. The van der Waals surface area contributed by atoms with Crippen LogP contribution in [0.15, 0.2) is 18.2 Å². The molecule has 0 radical (unpaired) electrons. The van der Waals surface area contributed by atoms with E-state index in [9.17, 15) is 4.79 Å². The maximum atomic E-state index is 11.5. The Morgan fingerprint density at radius 2 is 2.28 bits per heavy atom. The Balaban J connectivity index is 2.90. The minimum Gasteiger partial charge on any atom is -0.447 e. The van der Waals surface area contributed by atoms with Crippen molar-refractivity contribution in [2.24, 2.45) is 0 Å². The lowest BCUT2D eigenvalue weighted by Crippen LogP contribution is -2.18. The highest BCUT2D eigenvalue weighted by atomic mass is 35.5. The minimum absolute atomic E-state index is 0.204. The molecule has 0 spiro atoms. The van der Waals surface area contributed by atoms with Gasteiger partial charge in [0.15, 0.2) is 0 Å². The SMILES string of the molecule is CC(C)OC(=O)Nc1ccc(Cl)cc1C#CCO. The number of carbonyl (C=O) groups excluding carboxylic acids is 1. The summed E-state index contributed by atoms with van der Waals surface area (Å²) in [5.41, 5.74) is 1.02. The van der Waals surface area contributed by atoms with E-state index < -0.39 is 6.09 Å². The summed E-state index contributed by atoms with van der Waals surface area (Å²) in [6.45, 7) is 3.25. The van der Waals surface area contributed by atoms with Gasteiger partial charge in [0.05, 0.1) is 11.8 Å². The number of aliphatic hydroxyl groups excluding tert-OH is 1. The van der Waals surface area contributed by atoms with Gasteiger partial charge < -0.3 is 9.84 Å². The van der Waals surface area contributed by atoms with E-state index in [1.807, 2.05) is 0 Å². The molecule has 0 heterocycles. The molecule has 18 heavy (non-hydrogen) atoms. The predicted molar refractivity (Wildman–Crippen MR) is 70.7 cm³/mol. The number of hydrogen-bond donors (Lipinski definition) is 2. The summed E-state index contributed by atoms with van der Waals surface area (Å²) < 4.78 is 4.96. The monoisotopic (exact) mass is 267 g/mol. The fourth-order valence-corrected chi connectivity index (χ4v) is 1.39.